The summed E-state index contributed by atoms with van der Waals surface area (Å²) in [4.78, 5) is 0. The van der Waals surface area contributed by atoms with Crippen LogP contribution in [0.2, 0.25) is 0 Å². The van der Waals surface area contributed by atoms with E-state index in [1.54, 1.807) is 24.1 Å². The molecule has 1 atom stereocenters. The third-order valence-corrected chi connectivity index (χ3v) is 2.74. The highest BCUT2D eigenvalue weighted by atomic mass is 32.2. The molecule has 0 saturated carbocycles. The smallest absolute Gasteiger partial charge is 0.149 e. The van der Waals surface area contributed by atoms with E-state index in [2.05, 4.69) is 10.5 Å². The predicted molar refractivity (Wildman–Crippen MR) is 53.0 cm³/mol. The highest BCUT2D eigenvalue weighted by Crippen LogP contribution is 2.12. The number of nitrogens with one attached hydrogen (secondary N) is 1. The van der Waals surface area contributed by atoms with Crippen molar-refractivity contribution in [3.8, 4) is 0 Å². The maximum atomic E-state index is 11.1. The van der Waals surface area contributed by atoms with Gasteiger partial charge >= 0.3 is 0 Å². The van der Waals surface area contributed by atoms with Crippen LogP contribution in [0, 0.1) is 0 Å². The Kier molecular flexibility index (Phi) is 3.25. The van der Waals surface area contributed by atoms with E-state index < -0.39 is 15.9 Å². The number of rotatable bonds is 4. The zero-order valence-corrected chi connectivity index (χ0v) is 8.95. The minimum absolute atomic E-state index is 0.0325. The molecule has 0 aromatic carbocycles. The molecule has 0 radical (unpaired) electrons. The van der Waals surface area contributed by atoms with Gasteiger partial charge in [0.1, 0.15) is 9.84 Å². The average molecular weight is 218 g/mol. The molecule has 14 heavy (non-hydrogen) atoms. The van der Waals surface area contributed by atoms with Crippen LogP contribution in [-0.2, 0) is 16.9 Å². The molecule has 0 aliphatic heterocycles. The Bertz CT molecular complexity index is 398. The fraction of sp³-hybridized carbons (Fsp3) is 0.571. The van der Waals surface area contributed by atoms with Gasteiger partial charge < -0.3 is 0 Å². The molecule has 0 amide bonds. The minimum atomic E-state index is -3.05. The average Bonchev–Trinajstić information content (AvgIpc) is 2.46. The molecule has 1 heterocycles. The molecule has 6 nitrogen and oxygen atoms in total. The van der Waals surface area contributed by atoms with E-state index >= 15 is 0 Å². The second kappa shape index (κ2) is 4.07. The molecule has 0 saturated heterocycles. The van der Waals surface area contributed by atoms with Crippen LogP contribution in [0.15, 0.2) is 12.4 Å². The molecule has 0 bridgehead atoms. The summed E-state index contributed by atoms with van der Waals surface area (Å²) >= 11 is 0. The number of aromatic nitrogens is 2. The van der Waals surface area contributed by atoms with Crippen molar-refractivity contribution in [2.24, 2.45) is 12.9 Å². The molecule has 0 aliphatic rings. The van der Waals surface area contributed by atoms with Crippen LogP contribution in [0.25, 0.3) is 0 Å². The van der Waals surface area contributed by atoms with Crippen LogP contribution in [0.3, 0.4) is 0 Å². The van der Waals surface area contributed by atoms with Gasteiger partial charge in [0.2, 0.25) is 0 Å². The van der Waals surface area contributed by atoms with E-state index in [1.807, 2.05) is 0 Å². The Morgan fingerprint density at radius 1 is 1.71 bits per heavy atom. The van der Waals surface area contributed by atoms with E-state index in [0.29, 0.717) is 0 Å². The van der Waals surface area contributed by atoms with E-state index in [4.69, 9.17) is 5.84 Å². The maximum absolute atomic E-state index is 11.1. The first kappa shape index (κ1) is 11.2. The van der Waals surface area contributed by atoms with E-state index in [1.165, 1.54) is 6.26 Å². The molecule has 1 aromatic heterocycles. The van der Waals surface area contributed by atoms with E-state index in [9.17, 15) is 8.42 Å². The summed E-state index contributed by atoms with van der Waals surface area (Å²) in [5, 5.41) is 3.94. The van der Waals surface area contributed by atoms with Gasteiger partial charge in [0.15, 0.2) is 0 Å². The number of hydrogen-bond donors (Lipinski definition) is 2. The van der Waals surface area contributed by atoms with Gasteiger partial charge in [0.05, 0.1) is 18.0 Å². The molecule has 0 aliphatic carbocycles. The number of nitrogens with two attached hydrogens (primary N) is 1. The van der Waals surface area contributed by atoms with Gasteiger partial charge in [-0.1, -0.05) is 0 Å². The van der Waals surface area contributed by atoms with Crippen molar-refractivity contribution in [1.29, 1.82) is 0 Å². The maximum Gasteiger partial charge on any atom is 0.149 e. The lowest BCUT2D eigenvalue weighted by Crippen LogP contribution is -2.32. The summed E-state index contributed by atoms with van der Waals surface area (Å²) < 4.78 is 23.7. The highest BCUT2D eigenvalue weighted by Gasteiger charge is 2.17. The van der Waals surface area contributed by atoms with E-state index in [0.717, 1.165) is 5.56 Å². The lowest BCUT2D eigenvalue weighted by molar-refractivity contribution is 0.564. The molecule has 80 valence electrons. The predicted octanol–water partition coefficient (Wildman–Crippen LogP) is -1.03. The van der Waals surface area contributed by atoms with Crippen LogP contribution in [0.4, 0.5) is 0 Å². The number of hydrogen-bond acceptors (Lipinski definition) is 5. The highest BCUT2D eigenvalue weighted by molar-refractivity contribution is 7.90. The third kappa shape index (κ3) is 3.09. The largest absolute Gasteiger partial charge is 0.275 e. The second-order valence-electron chi connectivity index (χ2n) is 3.26. The van der Waals surface area contributed by atoms with Crippen molar-refractivity contribution in [2.75, 3.05) is 12.0 Å². The topological polar surface area (TPSA) is 90.0 Å². The summed E-state index contributed by atoms with van der Waals surface area (Å²) in [5.74, 6) is 5.24. The summed E-state index contributed by atoms with van der Waals surface area (Å²) in [6.07, 6.45) is 4.50. The zero-order valence-electron chi connectivity index (χ0n) is 8.14. The molecule has 7 heteroatoms. The van der Waals surface area contributed by atoms with Gasteiger partial charge in [0, 0.05) is 25.1 Å². The van der Waals surface area contributed by atoms with E-state index in [-0.39, 0.29) is 5.75 Å². The molecular weight excluding hydrogens is 204 g/mol. The molecule has 0 fully saturated rings. The Labute approximate surface area is 83.0 Å². The number of hydrazine groups is 1. The second-order valence-corrected chi connectivity index (χ2v) is 5.44. The van der Waals surface area contributed by atoms with Crippen molar-refractivity contribution in [1.82, 2.24) is 15.2 Å². The van der Waals surface area contributed by atoms with Crippen LogP contribution in [0.5, 0.6) is 0 Å². The third-order valence-electron chi connectivity index (χ3n) is 1.80. The Hall–Kier alpha value is -0.920. The van der Waals surface area contributed by atoms with Gasteiger partial charge in [0.25, 0.3) is 0 Å². The standard InChI is InChI=1S/C7H14N4O2S/c1-11-4-6(3-9-11)7(10-8)5-14(2,12)13/h3-4,7,10H,5,8H2,1-2H3. The quantitative estimate of drug-likeness (QED) is 0.498. The van der Waals surface area contributed by atoms with Gasteiger partial charge in [-0.2, -0.15) is 5.10 Å². The van der Waals surface area contributed by atoms with Gasteiger partial charge in [-0.15, -0.1) is 0 Å². The molecule has 1 aromatic rings. The van der Waals surface area contributed by atoms with Crippen LogP contribution >= 0.6 is 0 Å². The van der Waals surface area contributed by atoms with Crippen LogP contribution in [-0.4, -0.2) is 30.2 Å². The first-order valence-corrected chi connectivity index (χ1v) is 6.11. The number of sulfone groups is 1. The SMILES string of the molecule is Cn1cc(C(CS(C)(=O)=O)NN)cn1. The van der Waals surface area contributed by atoms with Crippen molar-refractivity contribution >= 4 is 9.84 Å². The Morgan fingerprint density at radius 2 is 2.36 bits per heavy atom. The van der Waals surface area contributed by atoms with Gasteiger partial charge in [-0.25, -0.2) is 8.42 Å². The molecule has 1 unspecified atom stereocenters. The van der Waals surface area contributed by atoms with Crippen LogP contribution in [0.1, 0.15) is 11.6 Å². The first-order valence-electron chi connectivity index (χ1n) is 4.05. The van der Waals surface area contributed by atoms with Gasteiger partial charge in [-0.05, 0) is 0 Å². The first-order chi connectivity index (χ1) is 6.42. The summed E-state index contributed by atoms with van der Waals surface area (Å²) in [7, 11) is -1.29. The normalized spacial score (nSPS) is 14.2. The Balaban J connectivity index is 2.83. The zero-order chi connectivity index (χ0) is 10.8. The van der Waals surface area contributed by atoms with Crippen molar-refractivity contribution in [3.05, 3.63) is 18.0 Å². The van der Waals surface area contributed by atoms with Crippen molar-refractivity contribution < 1.29 is 8.42 Å². The fourth-order valence-electron chi connectivity index (χ4n) is 1.16. The van der Waals surface area contributed by atoms with Crippen LogP contribution < -0.4 is 11.3 Å². The fourth-order valence-corrected chi connectivity index (χ4v) is 2.06. The number of nitrogens with zero attached hydrogens (tertiary/aromatic N) is 2. The van der Waals surface area contributed by atoms with Crippen molar-refractivity contribution in [3.63, 3.8) is 0 Å². The summed E-state index contributed by atoms with van der Waals surface area (Å²) in [6.45, 7) is 0. The lowest BCUT2D eigenvalue weighted by Gasteiger charge is -2.11. The van der Waals surface area contributed by atoms with Gasteiger partial charge in [-0.3, -0.25) is 16.0 Å². The molecule has 1 rings (SSSR count). The molecular formula is C7H14N4O2S. The molecule has 0 spiro atoms. The number of aryl methyl sites for hydroxylation is 1. The molecule has 3 N–H and O–H groups in total. The summed E-state index contributed by atoms with van der Waals surface area (Å²) in [6, 6.07) is -0.404. The van der Waals surface area contributed by atoms with Crippen molar-refractivity contribution in [2.45, 2.75) is 6.04 Å². The monoisotopic (exact) mass is 218 g/mol. The lowest BCUT2D eigenvalue weighted by atomic mass is 10.2. The minimum Gasteiger partial charge on any atom is -0.275 e. The summed E-state index contributed by atoms with van der Waals surface area (Å²) in [5.41, 5.74) is 3.22. The Morgan fingerprint density at radius 3 is 2.71 bits per heavy atom.